The topological polar surface area (TPSA) is 61.5 Å². The van der Waals surface area contributed by atoms with Crippen LogP contribution < -0.4 is 5.73 Å². The van der Waals surface area contributed by atoms with Gasteiger partial charge in [0.25, 0.3) is 5.92 Å². The van der Waals surface area contributed by atoms with Gasteiger partial charge in [-0.3, -0.25) is 0 Å². The van der Waals surface area contributed by atoms with E-state index >= 15 is 0 Å². The number of alkyl halides is 2. The van der Waals surface area contributed by atoms with E-state index in [1.165, 1.54) is 12.1 Å². The van der Waals surface area contributed by atoms with Crippen LogP contribution in [-0.2, 0) is 14.3 Å². The molecule has 0 radical (unpaired) electrons. The summed E-state index contributed by atoms with van der Waals surface area (Å²) in [7, 11) is 0. The van der Waals surface area contributed by atoms with Gasteiger partial charge >= 0.3 is 5.97 Å². The first kappa shape index (κ1) is 19.9. The van der Waals surface area contributed by atoms with Gasteiger partial charge in [0.15, 0.2) is 0 Å². The van der Waals surface area contributed by atoms with Gasteiger partial charge in [0, 0.05) is 10.0 Å². The van der Waals surface area contributed by atoms with Crippen LogP contribution in [0.2, 0.25) is 0 Å². The molecule has 0 aromatic heterocycles. The van der Waals surface area contributed by atoms with E-state index in [4.69, 9.17) is 10.5 Å². The van der Waals surface area contributed by atoms with Crippen molar-refractivity contribution in [1.29, 1.82) is 0 Å². The van der Waals surface area contributed by atoms with E-state index in [2.05, 4.69) is 20.7 Å². The predicted molar refractivity (Wildman–Crippen MR) is 82.6 cm³/mol. The van der Waals surface area contributed by atoms with Gasteiger partial charge in [-0.15, -0.1) is 0 Å². The molecule has 0 amide bonds. The zero-order valence-corrected chi connectivity index (χ0v) is 14.6. The van der Waals surface area contributed by atoms with E-state index in [-0.39, 0.29) is 12.2 Å². The van der Waals surface area contributed by atoms with Gasteiger partial charge in [0.05, 0.1) is 6.61 Å². The van der Waals surface area contributed by atoms with Gasteiger partial charge in [0.1, 0.15) is 24.1 Å². The first-order valence-corrected chi connectivity index (χ1v) is 7.70. The number of carbonyl (C=O) groups is 1. The molecule has 1 atom stereocenters. The molecule has 0 saturated carbocycles. The van der Waals surface area contributed by atoms with Crippen LogP contribution in [-0.4, -0.2) is 30.7 Å². The second kappa shape index (κ2) is 7.63. The average Bonchev–Trinajstić information content (AvgIpc) is 2.47. The van der Waals surface area contributed by atoms with Crippen LogP contribution in [0.5, 0.6) is 0 Å². The first-order chi connectivity index (χ1) is 10.5. The summed E-state index contributed by atoms with van der Waals surface area (Å²) < 4.78 is 53.1. The molecule has 2 N–H and O–H groups in total. The Bertz CT molecular complexity index is 567. The van der Waals surface area contributed by atoms with Gasteiger partial charge in [0.2, 0.25) is 0 Å². The van der Waals surface area contributed by atoms with Gasteiger partial charge in [-0.05, 0) is 39.0 Å². The molecule has 1 rings (SSSR count). The maximum atomic E-state index is 14.6. The minimum absolute atomic E-state index is 0.113. The van der Waals surface area contributed by atoms with Crippen LogP contribution in [0.25, 0.3) is 0 Å². The third-order valence-electron chi connectivity index (χ3n) is 3.34. The molecule has 23 heavy (non-hydrogen) atoms. The van der Waals surface area contributed by atoms with E-state index in [1.54, 1.807) is 6.92 Å². The Labute approximate surface area is 141 Å². The van der Waals surface area contributed by atoms with Crippen LogP contribution in [0.4, 0.5) is 13.2 Å². The molecule has 8 heteroatoms. The molecule has 0 aliphatic rings. The van der Waals surface area contributed by atoms with Gasteiger partial charge in [-0.2, -0.15) is 0 Å². The maximum absolute atomic E-state index is 14.6. The van der Waals surface area contributed by atoms with Crippen molar-refractivity contribution in [2.75, 3.05) is 13.2 Å². The van der Waals surface area contributed by atoms with E-state index < -0.39 is 36.0 Å². The summed E-state index contributed by atoms with van der Waals surface area (Å²) in [6.45, 7) is 3.22. The summed E-state index contributed by atoms with van der Waals surface area (Å²) in [6, 6.07) is 1.67. The van der Waals surface area contributed by atoms with Crippen LogP contribution in [0.15, 0.2) is 22.7 Å². The van der Waals surface area contributed by atoms with Gasteiger partial charge in [-0.25, -0.2) is 18.0 Å². The van der Waals surface area contributed by atoms with E-state index in [1.807, 2.05) is 0 Å². The molecule has 0 aliphatic heterocycles. The van der Waals surface area contributed by atoms with Crippen molar-refractivity contribution in [3.63, 3.8) is 0 Å². The number of benzene rings is 1. The Balaban J connectivity index is 2.98. The highest BCUT2D eigenvalue weighted by atomic mass is 79.9. The molecule has 0 aliphatic carbocycles. The molecule has 0 fully saturated rings. The zero-order chi connectivity index (χ0) is 17.8. The number of nitrogens with two attached hydrogens (primary N) is 1. The van der Waals surface area contributed by atoms with Gasteiger partial charge in [-0.1, -0.05) is 15.9 Å². The quantitative estimate of drug-likeness (QED) is 0.714. The average molecular weight is 398 g/mol. The summed E-state index contributed by atoms with van der Waals surface area (Å²) in [4.78, 5) is 11.3. The predicted octanol–water partition coefficient (Wildman–Crippen LogP) is 3.58. The summed E-state index contributed by atoms with van der Waals surface area (Å²) >= 11 is 3.09. The summed E-state index contributed by atoms with van der Waals surface area (Å²) in [6.07, 6.45) is 0. The molecule has 1 aromatic carbocycles. The van der Waals surface area contributed by atoms with Crippen molar-refractivity contribution in [3.05, 3.63) is 34.1 Å². The summed E-state index contributed by atoms with van der Waals surface area (Å²) in [5.41, 5.74) is 3.13. The second-order valence-corrected chi connectivity index (χ2v) is 6.29. The Hall–Kier alpha value is -1.12. The molecule has 0 spiro atoms. The van der Waals surface area contributed by atoms with Crippen molar-refractivity contribution >= 4 is 21.9 Å². The number of esters is 1. The number of carbonyl (C=O) groups excluding carboxylic acids is 1. The normalized spacial score (nSPS) is 13.7. The van der Waals surface area contributed by atoms with Crippen LogP contribution in [0.1, 0.15) is 32.4 Å². The molecular formula is C15H19BrF3NO3. The molecule has 4 nitrogen and oxygen atoms in total. The molecule has 130 valence electrons. The Morgan fingerprint density at radius 3 is 2.57 bits per heavy atom. The minimum Gasteiger partial charge on any atom is -0.464 e. The Morgan fingerprint density at radius 1 is 1.39 bits per heavy atom. The highest BCUT2D eigenvalue weighted by Gasteiger charge is 2.54. The highest BCUT2D eigenvalue weighted by Crippen LogP contribution is 2.41. The lowest BCUT2D eigenvalue weighted by atomic mass is 9.89. The lowest BCUT2D eigenvalue weighted by molar-refractivity contribution is -0.209. The van der Waals surface area contributed by atoms with E-state index in [0.717, 1.165) is 19.9 Å². The molecule has 0 heterocycles. The molecule has 1 unspecified atom stereocenters. The number of hydrogen-bond donors (Lipinski definition) is 1. The number of hydrogen-bond acceptors (Lipinski definition) is 4. The number of ether oxygens (including phenoxy) is 2. The summed E-state index contributed by atoms with van der Waals surface area (Å²) in [5.74, 6) is -5.25. The third kappa shape index (κ3) is 4.68. The Kier molecular flexibility index (Phi) is 6.61. The maximum Gasteiger partial charge on any atom is 0.332 e. The molecule has 0 bridgehead atoms. The fourth-order valence-corrected chi connectivity index (χ4v) is 2.24. The standard InChI is InChI=1S/C15H19BrF3NO3/c1-4-22-12(21)8-23-14(2,3)15(18,19)13(20)10-7-9(16)5-6-11(10)17/h5-7,13H,4,8,20H2,1-3H3. The molecule has 0 saturated heterocycles. The van der Waals surface area contributed by atoms with Crippen LogP contribution in [0, 0.1) is 5.82 Å². The van der Waals surface area contributed by atoms with Crippen molar-refractivity contribution in [3.8, 4) is 0 Å². The van der Waals surface area contributed by atoms with E-state index in [0.29, 0.717) is 4.47 Å². The largest absolute Gasteiger partial charge is 0.464 e. The van der Waals surface area contributed by atoms with Crippen LogP contribution in [0.3, 0.4) is 0 Å². The fourth-order valence-electron chi connectivity index (χ4n) is 1.86. The summed E-state index contributed by atoms with van der Waals surface area (Å²) in [5, 5.41) is 0. The van der Waals surface area contributed by atoms with Crippen molar-refractivity contribution in [1.82, 2.24) is 0 Å². The SMILES string of the molecule is CCOC(=O)COC(C)(C)C(F)(F)C(N)c1cc(Br)ccc1F. The highest BCUT2D eigenvalue weighted by molar-refractivity contribution is 9.10. The number of halogens is 4. The van der Waals surface area contributed by atoms with Crippen LogP contribution >= 0.6 is 15.9 Å². The van der Waals surface area contributed by atoms with Gasteiger partial charge < -0.3 is 15.2 Å². The monoisotopic (exact) mass is 397 g/mol. The molecular weight excluding hydrogens is 379 g/mol. The first-order valence-electron chi connectivity index (χ1n) is 6.91. The number of rotatable bonds is 7. The zero-order valence-electron chi connectivity index (χ0n) is 13.0. The van der Waals surface area contributed by atoms with E-state index in [9.17, 15) is 18.0 Å². The second-order valence-electron chi connectivity index (χ2n) is 5.37. The lowest BCUT2D eigenvalue weighted by Crippen LogP contribution is -2.52. The van der Waals surface area contributed by atoms with Crippen molar-refractivity contribution < 1.29 is 27.4 Å². The third-order valence-corrected chi connectivity index (χ3v) is 3.84. The van der Waals surface area contributed by atoms with Crippen molar-refractivity contribution in [2.24, 2.45) is 5.73 Å². The Morgan fingerprint density at radius 2 is 2.00 bits per heavy atom. The smallest absolute Gasteiger partial charge is 0.332 e. The van der Waals surface area contributed by atoms with Crippen molar-refractivity contribution in [2.45, 2.75) is 38.3 Å². The minimum atomic E-state index is -3.64. The lowest BCUT2D eigenvalue weighted by Gasteiger charge is -2.37. The molecule has 1 aromatic rings. The fraction of sp³-hybridized carbons (Fsp3) is 0.533.